The number of nitrogens with zero attached hydrogens (tertiary/aromatic N) is 3. The van der Waals surface area contributed by atoms with Crippen molar-refractivity contribution in [2.45, 2.75) is 38.3 Å². The molecule has 0 bridgehead atoms. The molecule has 5 nitrogen and oxygen atoms in total. The lowest BCUT2D eigenvalue weighted by Gasteiger charge is -2.23. The van der Waals surface area contributed by atoms with Crippen molar-refractivity contribution in [1.82, 2.24) is 9.97 Å². The Hall–Kier alpha value is -1.99. The lowest BCUT2D eigenvalue weighted by Crippen LogP contribution is -2.28. The van der Waals surface area contributed by atoms with Gasteiger partial charge in [-0.1, -0.05) is 0 Å². The van der Waals surface area contributed by atoms with Gasteiger partial charge in [-0.05, 0) is 25.7 Å². The van der Waals surface area contributed by atoms with Gasteiger partial charge >= 0.3 is 6.18 Å². The molecule has 1 saturated heterocycles. The van der Waals surface area contributed by atoms with Crippen LogP contribution in [0.1, 0.15) is 30.6 Å². The summed E-state index contributed by atoms with van der Waals surface area (Å²) >= 11 is 0. The van der Waals surface area contributed by atoms with Gasteiger partial charge in [-0.25, -0.2) is 4.98 Å². The minimum Gasteiger partial charge on any atom is -0.455 e. The molecule has 4 rings (SSSR count). The van der Waals surface area contributed by atoms with Crippen LogP contribution in [-0.2, 0) is 12.8 Å². The van der Waals surface area contributed by atoms with Crippen molar-refractivity contribution < 1.29 is 17.6 Å². The van der Waals surface area contributed by atoms with Gasteiger partial charge in [0.15, 0.2) is 11.4 Å². The maximum absolute atomic E-state index is 13.0. The van der Waals surface area contributed by atoms with Crippen molar-refractivity contribution in [3.63, 3.8) is 0 Å². The SMILES string of the molecule is Nc1nc(N2CCCC2)c2oc3c(c2n1)CC(C(F)(F)F)CC3. The summed E-state index contributed by atoms with van der Waals surface area (Å²) in [6.07, 6.45) is -1.85. The summed E-state index contributed by atoms with van der Waals surface area (Å²) in [5.74, 6) is -0.0526. The van der Waals surface area contributed by atoms with Gasteiger partial charge in [0.1, 0.15) is 11.3 Å². The first kappa shape index (κ1) is 14.6. The molecule has 0 saturated carbocycles. The highest BCUT2D eigenvalue weighted by molar-refractivity contribution is 5.89. The van der Waals surface area contributed by atoms with E-state index < -0.39 is 12.1 Å². The van der Waals surface area contributed by atoms with E-state index in [0.29, 0.717) is 28.2 Å². The Balaban J connectivity index is 1.83. The van der Waals surface area contributed by atoms with Crippen molar-refractivity contribution in [3.8, 4) is 0 Å². The van der Waals surface area contributed by atoms with E-state index in [1.54, 1.807) is 0 Å². The number of furan rings is 1. The van der Waals surface area contributed by atoms with Gasteiger partial charge in [-0.3, -0.25) is 0 Å². The number of hydrogen-bond donors (Lipinski definition) is 1. The molecule has 1 aliphatic carbocycles. The van der Waals surface area contributed by atoms with Crippen LogP contribution >= 0.6 is 0 Å². The molecule has 2 aliphatic rings. The number of alkyl halides is 3. The van der Waals surface area contributed by atoms with Crippen LogP contribution in [0.3, 0.4) is 0 Å². The molecule has 0 aromatic carbocycles. The minimum atomic E-state index is -4.20. The van der Waals surface area contributed by atoms with Gasteiger partial charge in [0.25, 0.3) is 0 Å². The van der Waals surface area contributed by atoms with Crippen molar-refractivity contribution in [3.05, 3.63) is 11.3 Å². The predicted molar refractivity (Wildman–Crippen MR) is 79.2 cm³/mol. The van der Waals surface area contributed by atoms with Crippen LogP contribution in [0.4, 0.5) is 24.9 Å². The largest absolute Gasteiger partial charge is 0.455 e. The molecular formula is C15H17F3N4O. The maximum Gasteiger partial charge on any atom is 0.392 e. The van der Waals surface area contributed by atoms with Gasteiger partial charge in [0.05, 0.1) is 5.92 Å². The molecule has 1 atom stereocenters. The predicted octanol–water partition coefficient (Wildman–Crippen LogP) is 3.07. The number of halogens is 3. The molecule has 1 fully saturated rings. The molecule has 2 N–H and O–H groups in total. The Morgan fingerprint density at radius 1 is 1.17 bits per heavy atom. The molecular weight excluding hydrogens is 309 g/mol. The first-order chi connectivity index (χ1) is 10.9. The van der Waals surface area contributed by atoms with Crippen LogP contribution in [0.25, 0.3) is 11.1 Å². The Morgan fingerprint density at radius 3 is 2.61 bits per heavy atom. The van der Waals surface area contributed by atoms with E-state index in [2.05, 4.69) is 14.9 Å². The summed E-state index contributed by atoms with van der Waals surface area (Å²) in [7, 11) is 0. The van der Waals surface area contributed by atoms with Gasteiger partial charge in [-0.2, -0.15) is 18.2 Å². The number of rotatable bonds is 1. The number of fused-ring (bicyclic) bond motifs is 3. The number of hydrogen-bond acceptors (Lipinski definition) is 5. The first-order valence-electron chi connectivity index (χ1n) is 7.83. The van der Waals surface area contributed by atoms with E-state index in [4.69, 9.17) is 10.2 Å². The van der Waals surface area contributed by atoms with E-state index >= 15 is 0 Å². The Kier molecular flexibility index (Phi) is 3.18. The van der Waals surface area contributed by atoms with Crippen molar-refractivity contribution in [2.75, 3.05) is 23.7 Å². The Morgan fingerprint density at radius 2 is 1.91 bits per heavy atom. The number of nitrogen functional groups attached to an aromatic ring is 1. The second-order valence-electron chi connectivity index (χ2n) is 6.26. The third kappa shape index (κ3) is 2.40. The number of nitrogens with two attached hydrogens (primary N) is 1. The van der Waals surface area contributed by atoms with Crippen LogP contribution in [0, 0.1) is 5.92 Å². The number of aryl methyl sites for hydroxylation is 1. The van der Waals surface area contributed by atoms with E-state index in [1.165, 1.54) is 0 Å². The summed E-state index contributed by atoms with van der Waals surface area (Å²) in [4.78, 5) is 10.5. The third-order valence-corrected chi connectivity index (χ3v) is 4.75. The van der Waals surface area contributed by atoms with E-state index in [9.17, 15) is 13.2 Å². The van der Waals surface area contributed by atoms with Crippen LogP contribution in [0.2, 0.25) is 0 Å². The average Bonchev–Trinajstić information content (AvgIpc) is 3.12. The standard InChI is InChI=1S/C15H17F3N4O/c16-15(17,18)8-3-4-10-9(7-8)11-12(23-10)13(21-14(19)20-11)22-5-1-2-6-22/h8H,1-7H2,(H2,19,20,21). The molecule has 124 valence electrons. The van der Waals surface area contributed by atoms with Crippen LogP contribution in [0.5, 0.6) is 0 Å². The molecule has 1 unspecified atom stereocenters. The summed E-state index contributed by atoms with van der Waals surface area (Å²) in [5.41, 5.74) is 7.26. The van der Waals surface area contributed by atoms with Crippen LogP contribution in [0.15, 0.2) is 4.42 Å². The lowest BCUT2D eigenvalue weighted by molar-refractivity contribution is -0.177. The average molecular weight is 326 g/mol. The molecule has 1 aliphatic heterocycles. The van der Waals surface area contributed by atoms with E-state index in [1.807, 2.05) is 0 Å². The van der Waals surface area contributed by atoms with Crippen molar-refractivity contribution >= 4 is 22.9 Å². The molecule has 0 radical (unpaired) electrons. The van der Waals surface area contributed by atoms with E-state index in [-0.39, 0.29) is 25.2 Å². The molecule has 0 amide bonds. The quantitative estimate of drug-likeness (QED) is 0.872. The summed E-state index contributed by atoms with van der Waals surface area (Å²) in [5, 5.41) is 0. The zero-order chi connectivity index (χ0) is 16.2. The van der Waals surface area contributed by atoms with Crippen molar-refractivity contribution in [1.29, 1.82) is 0 Å². The molecule has 3 heterocycles. The minimum absolute atomic E-state index is 0.0538. The normalized spacial score (nSPS) is 21.9. The van der Waals surface area contributed by atoms with Gasteiger partial charge in [-0.15, -0.1) is 0 Å². The van der Waals surface area contributed by atoms with Gasteiger partial charge in [0.2, 0.25) is 5.95 Å². The second kappa shape index (κ2) is 5.01. The summed E-state index contributed by atoms with van der Waals surface area (Å²) in [6.45, 7) is 1.70. The number of aromatic nitrogens is 2. The summed E-state index contributed by atoms with van der Waals surface area (Å²) in [6, 6.07) is 0. The van der Waals surface area contributed by atoms with Crippen molar-refractivity contribution in [2.24, 2.45) is 5.92 Å². The zero-order valence-electron chi connectivity index (χ0n) is 12.5. The highest BCUT2D eigenvalue weighted by Crippen LogP contribution is 2.42. The smallest absolute Gasteiger partial charge is 0.392 e. The molecule has 23 heavy (non-hydrogen) atoms. The maximum atomic E-state index is 13.0. The fourth-order valence-corrected chi connectivity index (χ4v) is 3.56. The monoisotopic (exact) mass is 326 g/mol. The van der Waals surface area contributed by atoms with Crippen LogP contribution in [-0.4, -0.2) is 29.2 Å². The van der Waals surface area contributed by atoms with E-state index in [0.717, 1.165) is 25.9 Å². The van der Waals surface area contributed by atoms with Crippen LogP contribution < -0.4 is 10.6 Å². The fourth-order valence-electron chi connectivity index (χ4n) is 3.56. The van der Waals surface area contributed by atoms with Gasteiger partial charge < -0.3 is 15.1 Å². The highest BCUT2D eigenvalue weighted by Gasteiger charge is 2.43. The molecule has 2 aromatic rings. The Bertz CT molecular complexity index is 749. The zero-order valence-corrected chi connectivity index (χ0v) is 12.5. The highest BCUT2D eigenvalue weighted by atomic mass is 19.4. The fraction of sp³-hybridized carbons (Fsp3) is 0.600. The molecule has 0 spiro atoms. The Labute approximate surface area is 130 Å². The topological polar surface area (TPSA) is 68.2 Å². The first-order valence-corrected chi connectivity index (χ1v) is 7.83. The lowest BCUT2D eigenvalue weighted by atomic mass is 9.87. The molecule has 2 aromatic heterocycles. The molecule has 8 heteroatoms. The second-order valence-corrected chi connectivity index (χ2v) is 6.26. The summed E-state index contributed by atoms with van der Waals surface area (Å²) < 4.78 is 45.0. The third-order valence-electron chi connectivity index (χ3n) is 4.75. The van der Waals surface area contributed by atoms with Gasteiger partial charge in [0, 0.05) is 25.1 Å². The number of anilines is 2.